The van der Waals surface area contributed by atoms with E-state index < -0.39 is 78.1 Å². The van der Waals surface area contributed by atoms with Crippen LogP contribution in [0.25, 0.3) is 16.9 Å². The molecule has 23 heteroatoms. The van der Waals surface area contributed by atoms with Crippen LogP contribution in [0, 0.1) is 12.7 Å². The Morgan fingerprint density at radius 3 is 2.38 bits per heavy atom. The minimum Gasteiger partial charge on any atom is -0.490 e. The van der Waals surface area contributed by atoms with Crippen molar-refractivity contribution < 1.29 is 74.2 Å². The first-order valence-electron chi connectivity index (χ1n) is 18.5. The SMILES string of the molecule is COC(=O)c1ccc(OP(=O)(O)OCc2ccccc2)c(OC)c1OC(=O)N(C(=O)c1cc(-c2ccc3nc(NC(C)=O)cn3n2)cnc1C)[C@H](C)c1cc(OC(F)(F)F)ccc1F. The molecule has 0 saturated carbocycles. The Bertz CT molecular complexity index is 2810. The fourth-order valence-corrected chi connectivity index (χ4v) is 6.85. The van der Waals surface area contributed by atoms with Gasteiger partial charge in [-0.25, -0.2) is 32.9 Å². The summed E-state index contributed by atoms with van der Waals surface area (Å²) in [6.45, 7) is 3.39. The molecule has 6 rings (SSSR count). The maximum absolute atomic E-state index is 15.6. The zero-order valence-electron chi connectivity index (χ0n) is 34.1. The first-order chi connectivity index (χ1) is 30.3. The van der Waals surface area contributed by atoms with Gasteiger partial charge in [-0.15, -0.1) is 13.2 Å². The molecule has 0 radical (unpaired) electrons. The van der Waals surface area contributed by atoms with Gasteiger partial charge in [-0.05, 0) is 67.9 Å². The number of ether oxygens (including phenoxy) is 4. The number of phosphoric acid groups is 1. The Hall–Kier alpha value is -7.42. The number of rotatable bonds is 14. The van der Waals surface area contributed by atoms with E-state index in [4.69, 9.17) is 23.3 Å². The van der Waals surface area contributed by atoms with Gasteiger partial charge in [0.05, 0.1) is 50.0 Å². The maximum Gasteiger partial charge on any atom is 0.573 e. The van der Waals surface area contributed by atoms with E-state index in [9.17, 15) is 41.8 Å². The van der Waals surface area contributed by atoms with Crippen LogP contribution >= 0.6 is 7.82 Å². The normalized spacial score (nSPS) is 12.7. The molecule has 18 nitrogen and oxygen atoms in total. The summed E-state index contributed by atoms with van der Waals surface area (Å²) in [5.41, 5.74) is -0.282. The number of benzene rings is 3. The Morgan fingerprint density at radius 2 is 1.70 bits per heavy atom. The number of alkyl halides is 3. The molecule has 0 bridgehead atoms. The summed E-state index contributed by atoms with van der Waals surface area (Å²) >= 11 is 0. The second-order valence-corrected chi connectivity index (χ2v) is 14.8. The van der Waals surface area contributed by atoms with Gasteiger partial charge in [-0.3, -0.25) is 24.0 Å². The average Bonchev–Trinajstić information content (AvgIpc) is 3.64. The first kappa shape index (κ1) is 46.1. The van der Waals surface area contributed by atoms with E-state index in [2.05, 4.69) is 25.1 Å². The average molecular weight is 911 g/mol. The van der Waals surface area contributed by atoms with Gasteiger partial charge in [0.25, 0.3) is 5.91 Å². The molecule has 3 aromatic carbocycles. The number of halogens is 4. The number of imide groups is 1. The van der Waals surface area contributed by atoms with Crippen LogP contribution in [0.5, 0.6) is 23.0 Å². The van der Waals surface area contributed by atoms with Crippen molar-refractivity contribution in [3.05, 3.63) is 125 Å². The molecule has 0 aliphatic rings. The van der Waals surface area contributed by atoms with E-state index in [1.54, 1.807) is 36.4 Å². The molecule has 0 aliphatic heterocycles. The second kappa shape index (κ2) is 18.9. The number of carbonyl (C=O) groups is 4. The number of carbonyl (C=O) groups excluding carboxylic acids is 4. The number of methoxy groups -OCH3 is 2. The molecule has 1 unspecified atom stereocenters. The molecule has 3 amide bonds. The quantitative estimate of drug-likeness (QED) is 0.0601. The van der Waals surface area contributed by atoms with Crippen molar-refractivity contribution in [2.45, 2.75) is 39.8 Å². The highest BCUT2D eigenvalue weighted by molar-refractivity contribution is 7.47. The fourth-order valence-electron chi connectivity index (χ4n) is 6.09. The number of nitrogens with zero attached hydrogens (tertiary/aromatic N) is 5. The second-order valence-electron chi connectivity index (χ2n) is 13.4. The molecule has 3 aromatic heterocycles. The van der Waals surface area contributed by atoms with Gasteiger partial charge in [0, 0.05) is 24.2 Å². The van der Waals surface area contributed by atoms with Crippen molar-refractivity contribution in [3.8, 4) is 34.3 Å². The summed E-state index contributed by atoms with van der Waals surface area (Å²) in [5.74, 6) is -6.76. The zero-order valence-corrected chi connectivity index (χ0v) is 35.0. The number of esters is 1. The predicted molar refractivity (Wildman–Crippen MR) is 215 cm³/mol. The molecule has 2 N–H and O–H groups in total. The third-order valence-corrected chi connectivity index (χ3v) is 9.90. The molecular weight excluding hydrogens is 875 g/mol. The lowest BCUT2D eigenvalue weighted by Crippen LogP contribution is -2.41. The highest BCUT2D eigenvalue weighted by Gasteiger charge is 2.38. The molecule has 3 heterocycles. The molecule has 0 spiro atoms. The van der Waals surface area contributed by atoms with Crippen molar-refractivity contribution in [2.75, 3.05) is 19.5 Å². The summed E-state index contributed by atoms with van der Waals surface area (Å²) < 4.78 is 100. The summed E-state index contributed by atoms with van der Waals surface area (Å²) in [4.78, 5) is 73.4. The van der Waals surface area contributed by atoms with Crippen LogP contribution in [-0.2, 0) is 25.2 Å². The molecule has 0 saturated heterocycles. The number of nitrogens with one attached hydrogen (secondary N) is 1. The van der Waals surface area contributed by atoms with Crippen LogP contribution in [0.3, 0.4) is 0 Å². The van der Waals surface area contributed by atoms with E-state index in [-0.39, 0.29) is 40.8 Å². The fraction of sp³-hybridized carbons (Fsp3) is 0.195. The van der Waals surface area contributed by atoms with Crippen LogP contribution in [-0.4, -0.2) is 73.8 Å². The molecule has 64 heavy (non-hydrogen) atoms. The number of hydrogen-bond donors (Lipinski definition) is 2. The number of imidazole rings is 1. The van der Waals surface area contributed by atoms with Gasteiger partial charge in [0.1, 0.15) is 17.1 Å². The third kappa shape index (κ3) is 10.8. The van der Waals surface area contributed by atoms with Crippen LogP contribution in [0.15, 0.2) is 91.3 Å². The number of amides is 3. The predicted octanol–water partition coefficient (Wildman–Crippen LogP) is 7.99. The van der Waals surface area contributed by atoms with E-state index in [1.165, 1.54) is 42.9 Å². The van der Waals surface area contributed by atoms with Crippen LogP contribution in [0.4, 0.5) is 28.2 Å². The summed E-state index contributed by atoms with van der Waals surface area (Å²) in [6.07, 6.45) is -4.13. The molecule has 2 atom stereocenters. The van der Waals surface area contributed by atoms with Crippen molar-refractivity contribution in [1.82, 2.24) is 24.5 Å². The first-order valence-corrected chi connectivity index (χ1v) is 20.0. The Kier molecular flexibility index (Phi) is 13.6. The van der Waals surface area contributed by atoms with E-state index in [0.717, 1.165) is 33.3 Å². The lowest BCUT2D eigenvalue weighted by Gasteiger charge is -2.28. The number of aryl methyl sites for hydroxylation is 1. The number of phosphoric ester groups is 1. The Morgan fingerprint density at radius 1 is 0.969 bits per heavy atom. The largest absolute Gasteiger partial charge is 0.573 e. The van der Waals surface area contributed by atoms with E-state index in [0.29, 0.717) is 34.3 Å². The minimum atomic E-state index is -5.21. The molecule has 0 fully saturated rings. The van der Waals surface area contributed by atoms with Gasteiger partial charge >= 0.3 is 26.2 Å². The number of pyridine rings is 1. The topological polar surface area (TPSA) is 219 Å². The van der Waals surface area contributed by atoms with Gasteiger partial charge < -0.3 is 28.8 Å². The Labute approximate surface area is 359 Å². The maximum atomic E-state index is 15.6. The standard InChI is InChI=1S/C41H35F4N6O12P/c1-22-29(17-26(19-46-22)32-14-16-35-48-34(47-24(3)52)20-50(35)49-32)38(53)51(23(2)30-18-27(11-13-31(30)42)62-41(43,44)45)40(55)61-36-28(39(54)59-5)12-15-33(37(36)58-4)63-64(56,57)60-21-25-9-7-6-8-10-25/h6-20,23H,21H2,1-5H3,(H,47,52)(H,56,57)/t23-/m1/s1. The van der Waals surface area contributed by atoms with Gasteiger partial charge in [0.2, 0.25) is 11.7 Å². The lowest BCUT2D eigenvalue weighted by atomic mass is 10.0. The van der Waals surface area contributed by atoms with Gasteiger partial charge in [-0.2, -0.15) is 5.10 Å². The monoisotopic (exact) mass is 910 g/mol. The van der Waals surface area contributed by atoms with Crippen molar-refractivity contribution >= 4 is 43.2 Å². The minimum absolute atomic E-state index is 0.00228. The molecular formula is C41H35F4N6O12P. The van der Waals surface area contributed by atoms with E-state index in [1.807, 2.05) is 0 Å². The Balaban J connectivity index is 1.43. The van der Waals surface area contributed by atoms with Crippen molar-refractivity contribution in [1.29, 1.82) is 0 Å². The molecule has 6 aromatic rings. The van der Waals surface area contributed by atoms with E-state index >= 15 is 4.39 Å². The molecule has 0 aliphatic carbocycles. The van der Waals surface area contributed by atoms with Crippen LogP contribution in [0.2, 0.25) is 0 Å². The zero-order chi connectivity index (χ0) is 46.5. The number of fused-ring (bicyclic) bond motifs is 1. The number of anilines is 1. The van der Waals surface area contributed by atoms with Gasteiger partial charge in [-0.1, -0.05) is 30.3 Å². The summed E-state index contributed by atoms with van der Waals surface area (Å²) in [5, 5.41) is 7.00. The van der Waals surface area contributed by atoms with Gasteiger partial charge in [0.15, 0.2) is 23.0 Å². The highest BCUT2D eigenvalue weighted by Crippen LogP contribution is 2.51. The molecule has 334 valence electrons. The van der Waals surface area contributed by atoms with Crippen LogP contribution in [0.1, 0.15) is 57.4 Å². The van der Waals surface area contributed by atoms with Crippen molar-refractivity contribution in [2.24, 2.45) is 0 Å². The third-order valence-electron chi connectivity index (χ3n) is 9.02. The van der Waals surface area contributed by atoms with Crippen LogP contribution < -0.4 is 24.1 Å². The summed E-state index contributed by atoms with van der Waals surface area (Å²) in [6, 6.07) is 14.7. The highest BCUT2D eigenvalue weighted by atomic mass is 31.2. The summed E-state index contributed by atoms with van der Waals surface area (Å²) in [7, 11) is -3.01. The lowest BCUT2D eigenvalue weighted by molar-refractivity contribution is -0.274. The number of hydrogen-bond acceptors (Lipinski definition) is 14. The van der Waals surface area contributed by atoms with Crippen molar-refractivity contribution in [3.63, 3.8) is 0 Å². The number of aromatic nitrogens is 4. The smallest absolute Gasteiger partial charge is 0.490 e.